The fourth-order valence-electron chi connectivity index (χ4n) is 1.08. The van der Waals surface area contributed by atoms with Gasteiger partial charge in [0.1, 0.15) is 0 Å². The first-order chi connectivity index (χ1) is 6.74. The summed E-state index contributed by atoms with van der Waals surface area (Å²) in [6.45, 7) is 2.85. The summed E-state index contributed by atoms with van der Waals surface area (Å²) >= 11 is 1.28. The maximum atomic E-state index is 8.86. The quantitative estimate of drug-likeness (QED) is 0.548. The third-order valence-electron chi connectivity index (χ3n) is 1.85. The van der Waals surface area contributed by atoms with E-state index in [0.717, 1.165) is 11.5 Å². The average molecular weight is 214 g/mol. The van der Waals surface area contributed by atoms with E-state index in [-0.39, 0.29) is 0 Å². The summed E-state index contributed by atoms with van der Waals surface area (Å²) in [5.41, 5.74) is 0. The molecule has 0 aliphatic rings. The molecule has 0 spiro atoms. The van der Waals surface area contributed by atoms with E-state index in [4.69, 9.17) is 14.8 Å². The third-order valence-corrected chi connectivity index (χ3v) is 2.89. The minimum atomic E-state index is -1.38. The van der Waals surface area contributed by atoms with Crippen LogP contribution in [0, 0.1) is 0 Å². The lowest BCUT2D eigenvalue weighted by atomic mass is 9.90. The van der Waals surface area contributed by atoms with Gasteiger partial charge >= 0.3 is 7.12 Å². The van der Waals surface area contributed by atoms with Gasteiger partial charge in [-0.15, -0.1) is 11.3 Å². The second-order valence-corrected chi connectivity index (χ2v) is 4.16. The van der Waals surface area contributed by atoms with Crippen LogP contribution >= 0.6 is 11.3 Å². The molecule has 0 bridgehead atoms. The highest BCUT2D eigenvalue weighted by Gasteiger charge is 2.13. The summed E-state index contributed by atoms with van der Waals surface area (Å²) in [5, 5.41) is 18.5. The zero-order valence-electron chi connectivity index (χ0n) is 8.27. The molecule has 1 rings (SSSR count). The highest BCUT2D eigenvalue weighted by Crippen LogP contribution is 2.17. The number of rotatable bonds is 6. The lowest BCUT2D eigenvalue weighted by molar-refractivity contribution is 0.315. The molecule has 0 aliphatic carbocycles. The first kappa shape index (κ1) is 11.6. The molecule has 78 valence electrons. The van der Waals surface area contributed by atoms with Crippen LogP contribution in [-0.2, 0) is 0 Å². The van der Waals surface area contributed by atoms with Crippen LogP contribution in [0.2, 0.25) is 0 Å². The van der Waals surface area contributed by atoms with Crippen molar-refractivity contribution in [2.75, 3.05) is 6.61 Å². The molecule has 0 aromatic carbocycles. The molecule has 5 heteroatoms. The molecule has 3 nitrogen and oxygen atoms in total. The van der Waals surface area contributed by atoms with Crippen LogP contribution in [-0.4, -0.2) is 23.8 Å². The van der Waals surface area contributed by atoms with E-state index in [1.807, 2.05) is 0 Å². The number of ether oxygens (including phenoxy) is 1. The van der Waals surface area contributed by atoms with Gasteiger partial charge in [-0.1, -0.05) is 19.8 Å². The van der Waals surface area contributed by atoms with Crippen LogP contribution in [0.4, 0.5) is 0 Å². The summed E-state index contributed by atoms with van der Waals surface area (Å²) < 4.78 is 5.96. The number of hydrogen-bond acceptors (Lipinski definition) is 4. The molecule has 0 amide bonds. The lowest BCUT2D eigenvalue weighted by Gasteiger charge is -2.01. The van der Waals surface area contributed by atoms with Crippen LogP contribution < -0.4 is 9.51 Å². The van der Waals surface area contributed by atoms with Gasteiger partial charge in [-0.3, -0.25) is 0 Å². The molecule has 0 radical (unpaired) electrons. The standard InChI is InChI=1S/C9H15BO3S/c1-2-3-4-7-13-9-6-5-8(14-9)10(11)12/h5-6,11-12H,2-4,7H2,1H3. The van der Waals surface area contributed by atoms with Crippen molar-refractivity contribution in [1.82, 2.24) is 0 Å². The van der Waals surface area contributed by atoms with Gasteiger partial charge < -0.3 is 14.8 Å². The van der Waals surface area contributed by atoms with Gasteiger partial charge in [0.15, 0.2) is 5.06 Å². The maximum absolute atomic E-state index is 8.86. The molecule has 0 saturated carbocycles. The summed E-state index contributed by atoms with van der Waals surface area (Å²) in [4.78, 5) is 0. The Bertz CT molecular complexity index is 262. The van der Waals surface area contributed by atoms with Crippen molar-refractivity contribution in [2.45, 2.75) is 26.2 Å². The summed E-state index contributed by atoms with van der Waals surface area (Å²) in [6, 6.07) is 3.44. The first-order valence-electron chi connectivity index (χ1n) is 4.82. The minimum Gasteiger partial charge on any atom is -0.484 e. The van der Waals surface area contributed by atoms with Gasteiger partial charge in [0.05, 0.1) is 6.61 Å². The normalized spacial score (nSPS) is 10.2. The smallest absolute Gasteiger partial charge is 0.484 e. The number of thiophene rings is 1. The third kappa shape index (κ3) is 3.70. The molecule has 0 fully saturated rings. The number of hydrogen-bond donors (Lipinski definition) is 2. The van der Waals surface area contributed by atoms with Gasteiger partial charge in [0, 0.05) is 4.78 Å². The van der Waals surface area contributed by atoms with Crippen LogP contribution in [0.5, 0.6) is 5.06 Å². The molecule has 14 heavy (non-hydrogen) atoms. The molecule has 1 aromatic heterocycles. The largest absolute Gasteiger partial charge is 0.499 e. The lowest BCUT2D eigenvalue weighted by Crippen LogP contribution is -2.26. The minimum absolute atomic E-state index is 0.524. The molecule has 1 heterocycles. The predicted molar refractivity (Wildman–Crippen MR) is 59.2 cm³/mol. The van der Waals surface area contributed by atoms with E-state index in [2.05, 4.69) is 6.92 Å². The summed E-state index contributed by atoms with van der Waals surface area (Å²) in [5.74, 6) is 0. The van der Waals surface area contributed by atoms with Crippen molar-refractivity contribution in [3.8, 4) is 5.06 Å². The Labute approximate surface area is 88.5 Å². The molecule has 2 N–H and O–H groups in total. The number of unbranched alkanes of at least 4 members (excludes halogenated alkanes) is 2. The van der Waals surface area contributed by atoms with Crippen LogP contribution in [0.25, 0.3) is 0 Å². The second-order valence-electron chi connectivity index (χ2n) is 3.09. The average Bonchev–Trinajstić information content (AvgIpc) is 2.61. The van der Waals surface area contributed by atoms with E-state index in [9.17, 15) is 0 Å². The zero-order valence-corrected chi connectivity index (χ0v) is 9.09. The Morgan fingerprint density at radius 2 is 2.14 bits per heavy atom. The van der Waals surface area contributed by atoms with E-state index < -0.39 is 7.12 Å². The highest BCUT2D eigenvalue weighted by atomic mass is 32.1. The first-order valence-corrected chi connectivity index (χ1v) is 5.64. The Hall–Kier alpha value is -0.515. The molecule has 0 atom stereocenters. The molecular formula is C9H15BO3S. The fourth-order valence-corrected chi connectivity index (χ4v) is 1.83. The van der Waals surface area contributed by atoms with Crippen molar-refractivity contribution in [1.29, 1.82) is 0 Å². The van der Waals surface area contributed by atoms with Crippen molar-refractivity contribution >= 4 is 23.2 Å². The van der Waals surface area contributed by atoms with Crippen molar-refractivity contribution in [2.24, 2.45) is 0 Å². The molecule has 0 aliphatic heterocycles. The maximum Gasteiger partial charge on any atom is 0.499 e. The van der Waals surface area contributed by atoms with Crippen LogP contribution in [0.1, 0.15) is 26.2 Å². The van der Waals surface area contributed by atoms with Crippen LogP contribution in [0.3, 0.4) is 0 Å². The molecule has 1 aromatic rings. The van der Waals surface area contributed by atoms with Crippen molar-refractivity contribution in [3.63, 3.8) is 0 Å². The highest BCUT2D eigenvalue weighted by molar-refractivity contribution is 7.23. The Kier molecular flexibility index (Phi) is 5.00. The van der Waals surface area contributed by atoms with Gasteiger partial charge in [-0.2, -0.15) is 0 Å². The summed E-state index contributed by atoms with van der Waals surface area (Å²) in [6.07, 6.45) is 3.39. The SMILES string of the molecule is CCCCCOc1ccc(B(O)O)s1. The van der Waals surface area contributed by atoms with E-state index in [0.29, 0.717) is 11.4 Å². The van der Waals surface area contributed by atoms with E-state index in [1.165, 1.54) is 24.2 Å². The van der Waals surface area contributed by atoms with Gasteiger partial charge in [-0.25, -0.2) is 0 Å². The Balaban J connectivity index is 2.29. The van der Waals surface area contributed by atoms with E-state index >= 15 is 0 Å². The van der Waals surface area contributed by atoms with Gasteiger partial charge in [0.25, 0.3) is 0 Å². The summed E-state index contributed by atoms with van der Waals surface area (Å²) in [7, 11) is -1.38. The van der Waals surface area contributed by atoms with Gasteiger partial charge in [0.2, 0.25) is 0 Å². The van der Waals surface area contributed by atoms with E-state index in [1.54, 1.807) is 12.1 Å². The van der Waals surface area contributed by atoms with Crippen LogP contribution in [0.15, 0.2) is 12.1 Å². The Morgan fingerprint density at radius 1 is 1.36 bits per heavy atom. The topological polar surface area (TPSA) is 49.7 Å². The second kappa shape index (κ2) is 6.06. The fraction of sp³-hybridized carbons (Fsp3) is 0.556. The molecular weight excluding hydrogens is 199 g/mol. The molecule has 0 unspecified atom stereocenters. The Morgan fingerprint density at radius 3 is 2.71 bits per heavy atom. The van der Waals surface area contributed by atoms with Crippen molar-refractivity contribution < 1.29 is 14.8 Å². The zero-order chi connectivity index (χ0) is 10.4. The monoisotopic (exact) mass is 214 g/mol. The van der Waals surface area contributed by atoms with Gasteiger partial charge in [-0.05, 0) is 18.6 Å². The predicted octanol–water partition coefficient (Wildman–Crippen LogP) is 0.997. The van der Waals surface area contributed by atoms with Crippen molar-refractivity contribution in [3.05, 3.63) is 12.1 Å². The molecule has 0 saturated heterocycles.